The van der Waals surface area contributed by atoms with Crippen LogP contribution in [-0.2, 0) is 29.9 Å². The van der Waals surface area contributed by atoms with Gasteiger partial charge in [0.05, 0.1) is 30.6 Å². The third-order valence-corrected chi connectivity index (χ3v) is 7.24. The van der Waals surface area contributed by atoms with E-state index in [2.05, 4.69) is 10.1 Å². The van der Waals surface area contributed by atoms with E-state index in [0.717, 1.165) is 29.5 Å². The molecule has 0 saturated heterocycles. The van der Waals surface area contributed by atoms with Gasteiger partial charge in [-0.3, -0.25) is 9.36 Å². The number of aromatic nitrogens is 4. The fourth-order valence-corrected chi connectivity index (χ4v) is 5.82. The Hall–Kier alpha value is -2.43. The molecule has 0 spiro atoms. The number of furan rings is 1. The normalized spacial score (nSPS) is 13.8. The molecule has 0 aromatic carbocycles. The second-order valence-corrected chi connectivity index (χ2v) is 9.04. The lowest BCUT2D eigenvalue weighted by Gasteiger charge is -2.12. The van der Waals surface area contributed by atoms with E-state index in [9.17, 15) is 4.79 Å². The zero-order valence-corrected chi connectivity index (χ0v) is 18.1. The molecule has 0 bridgehead atoms. The molecule has 0 saturated carbocycles. The molecule has 4 heterocycles. The molecule has 4 aromatic heterocycles. The summed E-state index contributed by atoms with van der Waals surface area (Å²) < 4.78 is 17.6. The largest absolute Gasteiger partial charge is 0.461 e. The predicted octanol–water partition coefficient (Wildman–Crippen LogP) is 3.92. The van der Waals surface area contributed by atoms with E-state index in [4.69, 9.17) is 18.7 Å². The second kappa shape index (κ2) is 8.37. The number of methoxy groups -OCH3 is 1. The van der Waals surface area contributed by atoms with E-state index < -0.39 is 0 Å². The van der Waals surface area contributed by atoms with Crippen LogP contribution in [0.4, 0.5) is 0 Å². The second-order valence-electron chi connectivity index (χ2n) is 7.01. The highest BCUT2D eigenvalue weighted by Gasteiger charge is 2.22. The van der Waals surface area contributed by atoms with Crippen molar-refractivity contribution in [3.63, 3.8) is 0 Å². The van der Waals surface area contributed by atoms with E-state index in [1.165, 1.54) is 28.6 Å². The van der Waals surface area contributed by atoms with Crippen molar-refractivity contribution in [1.29, 1.82) is 0 Å². The lowest BCUT2D eigenvalue weighted by atomic mass is 9.97. The molecule has 0 unspecified atom stereocenters. The molecule has 0 N–H and O–H groups in total. The number of hydrogen-bond acceptors (Lipinski definition) is 9. The summed E-state index contributed by atoms with van der Waals surface area (Å²) in [4.78, 5) is 24.7. The Labute approximate surface area is 180 Å². The number of rotatable bonds is 7. The number of fused-ring (bicyclic) bond motifs is 3. The lowest BCUT2D eigenvalue weighted by Crippen LogP contribution is -2.25. The molecule has 5 rings (SSSR count). The Balaban J connectivity index is 1.47. The Kier molecular flexibility index (Phi) is 5.45. The summed E-state index contributed by atoms with van der Waals surface area (Å²) in [5, 5.41) is 5.38. The average Bonchev–Trinajstić information content (AvgIpc) is 3.50. The van der Waals surface area contributed by atoms with Gasteiger partial charge >= 0.3 is 0 Å². The van der Waals surface area contributed by atoms with Gasteiger partial charge in [-0.1, -0.05) is 16.9 Å². The molecule has 30 heavy (non-hydrogen) atoms. The van der Waals surface area contributed by atoms with Crippen LogP contribution in [0.1, 0.15) is 29.2 Å². The van der Waals surface area contributed by atoms with Crippen molar-refractivity contribution >= 4 is 33.3 Å². The molecule has 0 radical (unpaired) electrons. The SMILES string of the molecule is COCCn1c(SCc2nc(-c3ccco3)no2)nc2sc3c(c2c1=O)CCCC3. The van der Waals surface area contributed by atoms with Crippen LogP contribution in [0.2, 0.25) is 0 Å². The van der Waals surface area contributed by atoms with Crippen LogP contribution >= 0.6 is 23.1 Å². The minimum absolute atomic E-state index is 0.0146. The van der Waals surface area contributed by atoms with Crippen molar-refractivity contribution in [2.45, 2.75) is 43.1 Å². The van der Waals surface area contributed by atoms with E-state index in [1.54, 1.807) is 41.4 Å². The molecule has 0 amide bonds. The van der Waals surface area contributed by atoms with Crippen molar-refractivity contribution in [1.82, 2.24) is 19.7 Å². The highest BCUT2D eigenvalue weighted by Crippen LogP contribution is 2.35. The monoisotopic (exact) mass is 444 g/mol. The first-order valence-electron chi connectivity index (χ1n) is 9.78. The fraction of sp³-hybridized carbons (Fsp3) is 0.400. The van der Waals surface area contributed by atoms with Gasteiger partial charge in [0.15, 0.2) is 10.9 Å². The standard InChI is InChI=1S/C20H20N4O4S2/c1-26-10-8-24-19(25)16-12-5-2-3-7-14(12)30-18(16)22-20(24)29-11-15-21-17(23-28-15)13-6-4-9-27-13/h4,6,9H,2-3,5,7-8,10-11H2,1H3. The van der Waals surface area contributed by atoms with Crippen LogP contribution in [0, 0.1) is 0 Å². The third-order valence-electron chi connectivity index (χ3n) is 5.09. The van der Waals surface area contributed by atoms with Crippen LogP contribution in [0.15, 0.2) is 37.3 Å². The van der Waals surface area contributed by atoms with Crippen molar-refractivity contribution < 1.29 is 13.7 Å². The van der Waals surface area contributed by atoms with Crippen molar-refractivity contribution in [3.8, 4) is 11.6 Å². The molecular weight excluding hydrogens is 424 g/mol. The molecular formula is C20H20N4O4S2. The molecule has 0 aliphatic heterocycles. The number of ether oxygens (including phenoxy) is 1. The molecule has 156 valence electrons. The number of nitrogens with zero attached hydrogens (tertiary/aromatic N) is 4. The average molecular weight is 445 g/mol. The van der Waals surface area contributed by atoms with Crippen LogP contribution in [0.3, 0.4) is 0 Å². The molecule has 8 nitrogen and oxygen atoms in total. The van der Waals surface area contributed by atoms with Gasteiger partial charge in [-0.15, -0.1) is 11.3 Å². The van der Waals surface area contributed by atoms with Gasteiger partial charge in [0.2, 0.25) is 11.7 Å². The topological polar surface area (TPSA) is 96.2 Å². The summed E-state index contributed by atoms with van der Waals surface area (Å²) >= 11 is 3.06. The van der Waals surface area contributed by atoms with Gasteiger partial charge in [-0.25, -0.2) is 4.98 Å². The zero-order valence-electron chi connectivity index (χ0n) is 16.4. The molecule has 4 aromatic rings. The highest BCUT2D eigenvalue weighted by atomic mass is 32.2. The van der Waals surface area contributed by atoms with Gasteiger partial charge in [0.1, 0.15) is 4.83 Å². The van der Waals surface area contributed by atoms with Crippen LogP contribution in [0.5, 0.6) is 0 Å². The third kappa shape index (κ3) is 3.59. The quantitative estimate of drug-likeness (QED) is 0.313. The zero-order chi connectivity index (χ0) is 20.5. The van der Waals surface area contributed by atoms with Crippen LogP contribution in [-0.4, -0.2) is 33.4 Å². The maximum Gasteiger partial charge on any atom is 0.263 e. The highest BCUT2D eigenvalue weighted by molar-refractivity contribution is 7.98. The number of thioether (sulfide) groups is 1. The van der Waals surface area contributed by atoms with E-state index >= 15 is 0 Å². The summed E-state index contributed by atoms with van der Waals surface area (Å²) in [5.41, 5.74) is 1.21. The molecule has 0 fully saturated rings. The first kappa shape index (κ1) is 19.5. The lowest BCUT2D eigenvalue weighted by molar-refractivity contribution is 0.183. The molecule has 0 atom stereocenters. The first-order chi connectivity index (χ1) is 14.7. The smallest absolute Gasteiger partial charge is 0.263 e. The molecule has 1 aliphatic carbocycles. The summed E-state index contributed by atoms with van der Waals surface area (Å²) in [7, 11) is 1.63. The van der Waals surface area contributed by atoms with Gasteiger partial charge < -0.3 is 13.7 Å². The fourth-order valence-electron chi connectivity index (χ4n) is 3.66. The predicted molar refractivity (Wildman–Crippen MR) is 114 cm³/mol. The van der Waals surface area contributed by atoms with E-state index in [0.29, 0.717) is 41.5 Å². The summed E-state index contributed by atoms with van der Waals surface area (Å²) in [6.07, 6.45) is 5.86. The van der Waals surface area contributed by atoms with Crippen LogP contribution < -0.4 is 5.56 Å². The Bertz CT molecular complexity index is 1230. The maximum atomic E-state index is 13.4. The number of hydrogen-bond donors (Lipinski definition) is 0. The Morgan fingerprint density at radius 1 is 1.30 bits per heavy atom. The summed E-state index contributed by atoms with van der Waals surface area (Å²) in [6.45, 7) is 0.892. The minimum atomic E-state index is 0.0146. The summed E-state index contributed by atoms with van der Waals surface area (Å²) in [6, 6.07) is 3.55. The molecule has 1 aliphatic rings. The van der Waals surface area contributed by atoms with E-state index in [1.807, 2.05) is 0 Å². The van der Waals surface area contributed by atoms with Crippen molar-refractivity contribution in [2.24, 2.45) is 0 Å². The number of aryl methyl sites for hydroxylation is 2. The van der Waals surface area contributed by atoms with Crippen molar-refractivity contribution in [3.05, 3.63) is 45.1 Å². The van der Waals surface area contributed by atoms with Crippen molar-refractivity contribution in [2.75, 3.05) is 13.7 Å². The number of thiophene rings is 1. The Morgan fingerprint density at radius 2 is 2.20 bits per heavy atom. The van der Waals surface area contributed by atoms with Gasteiger partial charge in [-0.05, 0) is 43.4 Å². The van der Waals surface area contributed by atoms with Crippen LogP contribution in [0.25, 0.3) is 21.8 Å². The van der Waals surface area contributed by atoms with E-state index in [-0.39, 0.29) is 5.56 Å². The Morgan fingerprint density at radius 3 is 3.03 bits per heavy atom. The maximum absolute atomic E-state index is 13.4. The first-order valence-corrected chi connectivity index (χ1v) is 11.6. The molecule has 10 heteroatoms. The van der Waals surface area contributed by atoms with Gasteiger partial charge in [-0.2, -0.15) is 4.98 Å². The summed E-state index contributed by atoms with van der Waals surface area (Å²) in [5.74, 6) is 1.81. The van der Waals surface area contributed by atoms with Gasteiger partial charge in [0, 0.05) is 12.0 Å². The van der Waals surface area contributed by atoms with Gasteiger partial charge in [0.25, 0.3) is 5.56 Å². The minimum Gasteiger partial charge on any atom is -0.461 e.